The number of benzene rings is 1. The third-order valence-electron chi connectivity index (χ3n) is 4.23. The average molecular weight is 405 g/mol. The Balaban J connectivity index is 2.08. The molecule has 2 unspecified atom stereocenters. The zero-order chi connectivity index (χ0) is 20.2. The number of alkyl halides is 2. The minimum atomic E-state index is -3.18. The van der Waals surface area contributed by atoms with Gasteiger partial charge in [-0.25, -0.2) is 13.2 Å². The summed E-state index contributed by atoms with van der Waals surface area (Å²) in [5, 5.41) is 0. The van der Waals surface area contributed by atoms with Crippen molar-refractivity contribution in [3.63, 3.8) is 0 Å². The first-order valence-electron chi connectivity index (χ1n) is 8.40. The van der Waals surface area contributed by atoms with Crippen LogP contribution in [0, 0.1) is 0 Å². The van der Waals surface area contributed by atoms with E-state index in [-0.39, 0.29) is 29.4 Å². The molecule has 1 fully saturated rings. The maximum atomic E-state index is 12.6. The molecule has 1 saturated heterocycles. The number of likely N-dealkylation sites (N-methyl/N-ethyl adjacent to an activating group) is 1. The van der Waals surface area contributed by atoms with Crippen LogP contribution in [-0.2, 0) is 19.4 Å². The van der Waals surface area contributed by atoms with Gasteiger partial charge in [0.1, 0.15) is 11.3 Å². The minimum absolute atomic E-state index is 0.00789. The highest BCUT2D eigenvalue weighted by molar-refractivity contribution is 7.91. The molecule has 2 rings (SSSR count). The summed E-state index contributed by atoms with van der Waals surface area (Å²) in [6, 6.07) is 4.84. The Morgan fingerprint density at radius 1 is 1.30 bits per heavy atom. The van der Waals surface area contributed by atoms with Crippen molar-refractivity contribution in [1.29, 1.82) is 0 Å². The van der Waals surface area contributed by atoms with E-state index in [9.17, 15) is 26.8 Å². The summed E-state index contributed by atoms with van der Waals surface area (Å²) in [6.07, 6.45) is -0.881. The number of halogens is 2. The first-order valence-corrected chi connectivity index (χ1v) is 10.2. The molecular weight excluding hydrogens is 384 g/mol. The Morgan fingerprint density at radius 3 is 2.52 bits per heavy atom. The topological polar surface area (TPSA) is 90.0 Å². The highest BCUT2D eigenvalue weighted by atomic mass is 32.2. The lowest BCUT2D eigenvalue weighted by molar-refractivity contribution is -0.141. The summed E-state index contributed by atoms with van der Waals surface area (Å²) in [5.74, 6) is -2.00. The lowest BCUT2D eigenvalue weighted by atomic mass is 10.2. The van der Waals surface area contributed by atoms with Crippen molar-refractivity contribution in [2.45, 2.75) is 39.0 Å². The quantitative estimate of drug-likeness (QED) is 0.644. The molecule has 1 aromatic carbocycles. The number of hydrogen-bond donors (Lipinski definition) is 0. The van der Waals surface area contributed by atoms with Crippen LogP contribution in [0.2, 0.25) is 0 Å². The smallest absolute Gasteiger partial charge is 0.387 e. The number of nitrogens with zero attached hydrogens (tertiary/aromatic N) is 1. The molecule has 1 heterocycles. The van der Waals surface area contributed by atoms with Gasteiger partial charge in [0.15, 0.2) is 15.9 Å². The molecule has 150 valence electrons. The van der Waals surface area contributed by atoms with Gasteiger partial charge < -0.3 is 14.4 Å². The molecule has 7 nitrogen and oxygen atoms in total. The van der Waals surface area contributed by atoms with Gasteiger partial charge in [0.2, 0.25) is 0 Å². The second-order valence-corrected chi connectivity index (χ2v) is 8.33. The van der Waals surface area contributed by atoms with E-state index >= 15 is 0 Å². The second kappa shape index (κ2) is 8.64. The van der Waals surface area contributed by atoms with Gasteiger partial charge in [-0.15, -0.1) is 0 Å². The van der Waals surface area contributed by atoms with Crippen LogP contribution in [0.25, 0.3) is 0 Å². The SMILES string of the molecule is CCN(C(=O)C(C)OC(=O)c1ccccc1OC(F)F)C1CCS(=O)(=O)C1. The Morgan fingerprint density at radius 2 is 1.96 bits per heavy atom. The van der Waals surface area contributed by atoms with Crippen LogP contribution in [-0.4, -0.2) is 62.0 Å². The fourth-order valence-corrected chi connectivity index (χ4v) is 4.69. The molecule has 0 spiro atoms. The average Bonchev–Trinajstić information content (AvgIpc) is 2.94. The monoisotopic (exact) mass is 405 g/mol. The third-order valence-corrected chi connectivity index (χ3v) is 5.98. The summed E-state index contributed by atoms with van der Waals surface area (Å²) in [6.45, 7) is 0.191. The van der Waals surface area contributed by atoms with Gasteiger partial charge in [0.05, 0.1) is 11.5 Å². The number of carbonyl (C=O) groups excluding carboxylic acids is 2. The van der Waals surface area contributed by atoms with E-state index in [4.69, 9.17) is 4.74 Å². The van der Waals surface area contributed by atoms with Crippen LogP contribution >= 0.6 is 0 Å². The first kappa shape index (κ1) is 21.1. The van der Waals surface area contributed by atoms with Crippen LogP contribution in [0.1, 0.15) is 30.6 Å². The van der Waals surface area contributed by atoms with Crippen LogP contribution < -0.4 is 4.74 Å². The molecule has 1 aliphatic heterocycles. The molecule has 1 amide bonds. The van der Waals surface area contributed by atoms with E-state index in [1.807, 2.05) is 0 Å². The van der Waals surface area contributed by atoms with E-state index in [2.05, 4.69) is 4.74 Å². The normalized spacial score (nSPS) is 19.5. The minimum Gasteiger partial charge on any atom is -0.449 e. The van der Waals surface area contributed by atoms with Gasteiger partial charge in [0, 0.05) is 12.6 Å². The molecule has 0 aliphatic carbocycles. The molecule has 0 saturated carbocycles. The fraction of sp³-hybridized carbons (Fsp3) is 0.529. The van der Waals surface area contributed by atoms with Crippen molar-refractivity contribution in [1.82, 2.24) is 4.90 Å². The number of sulfone groups is 1. The van der Waals surface area contributed by atoms with Crippen molar-refractivity contribution >= 4 is 21.7 Å². The Kier molecular flexibility index (Phi) is 6.74. The highest BCUT2D eigenvalue weighted by Crippen LogP contribution is 2.23. The van der Waals surface area contributed by atoms with Crippen molar-refractivity contribution in [2.24, 2.45) is 0 Å². The number of para-hydroxylation sites is 1. The standard InChI is InChI=1S/C17H21F2NO6S/c1-3-20(12-8-9-27(23,24)10-12)15(21)11(2)25-16(22)13-6-4-5-7-14(13)26-17(18)19/h4-7,11-12,17H,3,8-10H2,1-2H3. The van der Waals surface area contributed by atoms with Crippen molar-refractivity contribution in [2.75, 3.05) is 18.1 Å². The van der Waals surface area contributed by atoms with Gasteiger partial charge in [-0.3, -0.25) is 4.79 Å². The Bertz CT molecular complexity index is 798. The molecule has 1 aliphatic rings. The summed E-state index contributed by atoms with van der Waals surface area (Å²) in [5.41, 5.74) is -0.232. The summed E-state index contributed by atoms with van der Waals surface area (Å²) < 4.78 is 57.6. The highest BCUT2D eigenvalue weighted by Gasteiger charge is 2.36. The molecule has 0 N–H and O–H groups in total. The zero-order valence-electron chi connectivity index (χ0n) is 14.9. The fourth-order valence-electron chi connectivity index (χ4n) is 2.96. The number of esters is 1. The van der Waals surface area contributed by atoms with Gasteiger partial charge >= 0.3 is 12.6 Å². The van der Waals surface area contributed by atoms with Gasteiger partial charge in [-0.2, -0.15) is 8.78 Å². The van der Waals surface area contributed by atoms with Crippen molar-refractivity contribution in [3.8, 4) is 5.75 Å². The van der Waals surface area contributed by atoms with Crippen molar-refractivity contribution < 1.29 is 36.3 Å². The number of ether oxygens (including phenoxy) is 2. The second-order valence-electron chi connectivity index (χ2n) is 6.10. The largest absolute Gasteiger partial charge is 0.449 e. The summed E-state index contributed by atoms with van der Waals surface area (Å²) >= 11 is 0. The Labute approximate surface area is 156 Å². The van der Waals surface area contributed by atoms with E-state index < -0.39 is 40.5 Å². The predicted octanol–water partition coefficient (Wildman–Crippen LogP) is 1.87. The third kappa shape index (κ3) is 5.38. The first-order chi connectivity index (χ1) is 12.6. The van der Waals surface area contributed by atoms with E-state index in [0.717, 1.165) is 0 Å². The maximum absolute atomic E-state index is 12.6. The molecule has 10 heteroatoms. The van der Waals surface area contributed by atoms with Gasteiger partial charge in [-0.05, 0) is 32.4 Å². The lowest BCUT2D eigenvalue weighted by Gasteiger charge is -2.29. The van der Waals surface area contributed by atoms with E-state index in [0.29, 0.717) is 6.42 Å². The molecule has 0 bridgehead atoms. The predicted molar refractivity (Wildman–Crippen MR) is 92.4 cm³/mol. The molecule has 1 aromatic rings. The number of amides is 1. The molecule has 2 atom stereocenters. The van der Waals surface area contributed by atoms with E-state index in [1.54, 1.807) is 6.92 Å². The van der Waals surface area contributed by atoms with E-state index in [1.165, 1.54) is 36.1 Å². The van der Waals surface area contributed by atoms with Gasteiger partial charge in [0.25, 0.3) is 5.91 Å². The molecule has 27 heavy (non-hydrogen) atoms. The maximum Gasteiger partial charge on any atom is 0.387 e. The van der Waals surface area contributed by atoms with Crippen LogP contribution in [0.5, 0.6) is 5.75 Å². The summed E-state index contributed by atoms with van der Waals surface area (Å²) in [7, 11) is -3.18. The van der Waals surface area contributed by atoms with Crippen molar-refractivity contribution in [3.05, 3.63) is 29.8 Å². The molecule has 0 aromatic heterocycles. The van der Waals surface area contributed by atoms with Gasteiger partial charge in [-0.1, -0.05) is 12.1 Å². The van der Waals surface area contributed by atoms with Crippen LogP contribution in [0.4, 0.5) is 8.78 Å². The zero-order valence-corrected chi connectivity index (χ0v) is 15.7. The molecular formula is C17H21F2NO6S. The number of rotatable bonds is 7. The number of hydrogen-bond acceptors (Lipinski definition) is 6. The lowest BCUT2D eigenvalue weighted by Crippen LogP contribution is -2.46. The van der Waals surface area contributed by atoms with Crippen LogP contribution in [0.3, 0.4) is 0 Å². The number of carbonyl (C=O) groups is 2. The van der Waals surface area contributed by atoms with Crippen LogP contribution in [0.15, 0.2) is 24.3 Å². The summed E-state index contributed by atoms with van der Waals surface area (Å²) in [4.78, 5) is 26.3. The Hall–Kier alpha value is -2.23. The molecule has 0 radical (unpaired) electrons.